The maximum Gasteiger partial charge on any atom is 0.0389 e. The monoisotopic (exact) mass is 323 g/mol. The number of hydrogen-bond acceptors (Lipinski definition) is 1. The molecule has 0 aliphatic carbocycles. The van der Waals surface area contributed by atoms with Gasteiger partial charge in [0.15, 0.2) is 0 Å². The first-order valence-electron chi connectivity index (χ1n) is 9.89. The van der Waals surface area contributed by atoms with Crippen molar-refractivity contribution in [1.29, 1.82) is 0 Å². The summed E-state index contributed by atoms with van der Waals surface area (Å²) in [5.74, 6) is 0. The third-order valence-electron chi connectivity index (χ3n) is 4.69. The molecule has 0 spiro atoms. The van der Waals surface area contributed by atoms with Crippen LogP contribution in [0.2, 0.25) is 0 Å². The van der Waals surface area contributed by atoms with Crippen LogP contribution in [0.15, 0.2) is 47.5 Å². The quantitative estimate of drug-likeness (QED) is 0.290. The summed E-state index contributed by atoms with van der Waals surface area (Å²) in [5.41, 5.74) is 1.24. The smallest absolute Gasteiger partial charge is 0.0389 e. The number of fused-ring (bicyclic) bond motifs is 1. The SMILES string of the molecule is CCCCCCCCCCCCN=Cc1cccc2ccccc12. The van der Waals surface area contributed by atoms with E-state index in [2.05, 4.69) is 60.6 Å². The third kappa shape index (κ3) is 6.86. The zero-order chi connectivity index (χ0) is 16.9. The van der Waals surface area contributed by atoms with Crippen molar-refractivity contribution in [2.45, 2.75) is 71.1 Å². The molecular weight excluding hydrogens is 290 g/mol. The average molecular weight is 324 g/mol. The molecule has 0 fully saturated rings. The molecule has 0 amide bonds. The molecule has 0 aliphatic heterocycles. The Labute approximate surface area is 148 Å². The van der Waals surface area contributed by atoms with Crippen LogP contribution in [0.4, 0.5) is 0 Å². The topological polar surface area (TPSA) is 12.4 Å². The van der Waals surface area contributed by atoms with Crippen molar-refractivity contribution in [1.82, 2.24) is 0 Å². The van der Waals surface area contributed by atoms with Crippen LogP contribution >= 0.6 is 0 Å². The van der Waals surface area contributed by atoms with Gasteiger partial charge in [-0.3, -0.25) is 4.99 Å². The summed E-state index contributed by atoms with van der Waals surface area (Å²) >= 11 is 0. The van der Waals surface area contributed by atoms with E-state index in [1.54, 1.807) is 0 Å². The molecule has 0 aromatic heterocycles. The van der Waals surface area contributed by atoms with Gasteiger partial charge in [0.05, 0.1) is 0 Å². The first-order chi connectivity index (χ1) is 11.9. The van der Waals surface area contributed by atoms with Crippen LogP contribution in [0.5, 0.6) is 0 Å². The van der Waals surface area contributed by atoms with Crippen molar-refractivity contribution in [2.24, 2.45) is 4.99 Å². The Morgan fingerprint density at radius 1 is 0.708 bits per heavy atom. The normalized spacial score (nSPS) is 11.5. The Bertz CT molecular complexity index is 595. The van der Waals surface area contributed by atoms with E-state index in [1.807, 2.05) is 0 Å². The molecule has 2 aromatic carbocycles. The van der Waals surface area contributed by atoms with Gasteiger partial charge in [-0.05, 0) is 17.2 Å². The van der Waals surface area contributed by atoms with Crippen molar-refractivity contribution in [3.8, 4) is 0 Å². The minimum atomic E-state index is 0.958. The molecule has 0 aliphatic rings. The van der Waals surface area contributed by atoms with E-state index in [9.17, 15) is 0 Å². The van der Waals surface area contributed by atoms with E-state index in [0.717, 1.165) is 6.54 Å². The van der Waals surface area contributed by atoms with E-state index in [1.165, 1.54) is 80.5 Å². The summed E-state index contributed by atoms with van der Waals surface area (Å²) in [5, 5.41) is 2.59. The Morgan fingerprint density at radius 2 is 1.33 bits per heavy atom. The second kappa shape index (κ2) is 11.8. The fourth-order valence-corrected chi connectivity index (χ4v) is 3.22. The summed E-state index contributed by atoms with van der Waals surface area (Å²) < 4.78 is 0. The summed E-state index contributed by atoms with van der Waals surface area (Å²) in [6, 6.07) is 15.0. The highest BCUT2D eigenvalue weighted by Crippen LogP contribution is 2.17. The molecule has 0 saturated heterocycles. The highest BCUT2D eigenvalue weighted by molar-refractivity contribution is 5.99. The van der Waals surface area contributed by atoms with Gasteiger partial charge in [-0.2, -0.15) is 0 Å². The molecule has 1 heteroatoms. The largest absolute Gasteiger partial charge is 0.293 e. The van der Waals surface area contributed by atoms with Gasteiger partial charge in [0.2, 0.25) is 0 Å². The Morgan fingerprint density at radius 3 is 2.08 bits per heavy atom. The van der Waals surface area contributed by atoms with Gasteiger partial charge in [-0.15, -0.1) is 0 Å². The number of nitrogens with zero attached hydrogens (tertiary/aromatic N) is 1. The second-order valence-electron chi connectivity index (χ2n) is 6.79. The standard InChI is InChI=1S/C23H33N/c1-2-3-4-5-6-7-8-9-10-13-19-24-20-22-17-14-16-21-15-11-12-18-23(21)22/h11-12,14-18,20H,2-10,13,19H2,1H3. The predicted octanol–water partition coefficient (Wildman–Crippen LogP) is 7.18. The Hall–Kier alpha value is -1.63. The number of benzene rings is 2. The van der Waals surface area contributed by atoms with E-state index in [0.29, 0.717) is 0 Å². The molecule has 0 bridgehead atoms. The molecule has 0 unspecified atom stereocenters. The van der Waals surface area contributed by atoms with Crippen LogP contribution in [-0.4, -0.2) is 12.8 Å². The molecule has 130 valence electrons. The predicted molar refractivity (Wildman–Crippen MR) is 108 cm³/mol. The molecule has 0 atom stereocenters. The van der Waals surface area contributed by atoms with Gasteiger partial charge >= 0.3 is 0 Å². The average Bonchev–Trinajstić information content (AvgIpc) is 2.63. The second-order valence-corrected chi connectivity index (χ2v) is 6.79. The van der Waals surface area contributed by atoms with E-state index < -0.39 is 0 Å². The highest BCUT2D eigenvalue weighted by Gasteiger charge is 1.96. The fraction of sp³-hybridized carbons (Fsp3) is 0.522. The molecule has 0 radical (unpaired) electrons. The third-order valence-corrected chi connectivity index (χ3v) is 4.69. The van der Waals surface area contributed by atoms with Crippen molar-refractivity contribution < 1.29 is 0 Å². The Balaban J connectivity index is 1.56. The molecule has 0 N–H and O–H groups in total. The number of rotatable bonds is 12. The first-order valence-corrected chi connectivity index (χ1v) is 9.89. The van der Waals surface area contributed by atoms with Crippen LogP contribution in [0, 0.1) is 0 Å². The summed E-state index contributed by atoms with van der Waals surface area (Å²) in [6.07, 6.45) is 15.8. The molecule has 0 heterocycles. The van der Waals surface area contributed by atoms with E-state index in [4.69, 9.17) is 0 Å². The van der Waals surface area contributed by atoms with Gasteiger partial charge in [0.25, 0.3) is 0 Å². The molecule has 0 saturated carbocycles. The Kier molecular flexibility index (Phi) is 9.23. The lowest BCUT2D eigenvalue weighted by Gasteiger charge is -2.02. The van der Waals surface area contributed by atoms with Crippen LogP contribution < -0.4 is 0 Å². The van der Waals surface area contributed by atoms with Crippen LogP contribution in [0.1, 0.15) is 76.7 Å². The van der Waals surface area contributed by atoms with Crippen LogP contribution in [-0.2, 0) is 0 Å². The molecule has 1 nitrogen and oxygen atoms in total. The molecule has 2 aromatic rings. The van der Waals surface area contributed by atoms with Gasteiger partial charge in [-0.1, -0.05) is 107 Å². The summed E-state index contributed by atoms with van der Waals surface area (Å²) in [6.45, 7) is 3.24. The van der Waals surface area contributed by atoms with Crippen molar-refractivity contribution in [3.05, 3.63) is 48.0 Å². The van der Waals surface area contributed by atoms with Crippen molar-refractivity contribution in [3.63, 3.8) is 0 Å². The lowest BCUT2D eigenvalue weighted by molar-refractivity contribution is 0.558. The maximum absolute atomic E-state index is 4.63. The van der Waals surface area contributed by atoms with Crippen molar-refractivity contribution in [2.75, 3.05) is 6.54 Å². The van der Waals surface area contributed by atoms with Gasteiger partial charge in [0, 0.05) is 18.3 Å². The fourth-order valence-electron chi connectivity index (χ4n) is 3.22. The van der Waals surface area contributed by atoms with Crippen LogP contribution in [0.25, 0.3) is 10.8 Å². The maximum atomic E-state index is 4.63. The van der Waals surface area contributed by atoms with Gasteiger partial charge in [0.1, 0.15) is 0 Å². The van der Waals surface area contributed by atoms with Gasteiger partial charge < -0.3 is 0 Å². The zero-order valence-corrected chi connectivity index (χ0v) is 15.3. The summed E-state index contributed by atoms with van der Waals surface area (Å²) in [4.78, 5) is 4.63. The molecule has 24 heavy (non-hydrogen) atoms. The van der Waals surface area contributed by atoms with Gasteiger partial charge in [-0.25, -0.2) is 0 Å². The zero-order valence-electron chi connectivity index (χ0n) is 15.3. The van der Waals surface area contributed by atoms with E-state index >= 15 is 0 Å². The number of hydrogen-bond donors (Lipinski definition) is 0. The van der Waals surface area contributed by atoms with Crippen LogP contribution in [0.3, 0.4) is 0 Å². The van der Waals surface area contributed by atoms with Crippen molar-refractivity contribution >= 4 is 17.0 Å². The first kappa shape index (κ1) is 18.7. The molecular formula is C23H33N. The minimum absolute atomic E-state index is 0.958. The minimum Gasteiger partial charge on any atom is -0.293 e. The lowest BCUT2D eigenvalue weighted by Crippen LogP contribution is -1.88. The highest BCUT2D eigenvalue weighted by atomic mass is 14.7. The van der Waals surface area contributed by atoms with E-state index in [-0.39, 0.29) is 0 Å². The number of aliphatic imine (C=N–C) groups is 1. The lowest BCUT2D eigenvalue weighted by atomic mass is 10.1. The number of unbranched alkanes of at least 4 members (excludes halogenated alkanes) is 9. The molecule has 2 rings (SSSR count). The summed E-state index contributed by atoms with van der Waals surface area (Å²) in [7, 11) is 0.